The predicted octanol–water partition coefficient (Wildman–Crippen LogP) is 8.02. The Morgan fingerprint density at radius 3 is 1.30 bits per heavy atom. The molecule has 37 heavy (non-hydrogen) atoms. The van der Waals surface area contributed by atoms with E-state index < -0.39 is 35.0 Å². The van der Waals surface area contributed by atoms with Gasteiger partial charge in [0.05, 0.1) is 11.1 Å². The quantitative estimate of drug-likeness (QED) is 0.141. The van der Waals surface area contributed by atoms with Gasteiger partial charge in [-0.1, -0.05) is 66.7 Å². The number of para-hydroxylation sites is 2. The van der Waals surface area contributed by atoms with Gasteiger partial charge >= 0.3 is 12.4 Å². The van der Waals surface area contributed by atoms with Crippen LogP contribution in [0.25, 0.3) is 22.3 Å². The fourth-order valence-electron chi connectivity index (χ4n) is 3.69. The Labute approximate surface area is 209 Å². The minimum absolute atomic E-state index is 0.374. The van der Waals surface area contributed by atoms with Crippen molar-refractivity contribution in [1.82, 2.24) is 5.32 Å². The number of benzene rings is 4. The summed E-state index contributed by atoms with van der Waals surface area (Å²) in [5.41, 5.74) is 3.40. The standard InChI is InChI=1S/C16H13F6NO2.C12H8/c17-15(18,19)11-5-1-3-7-13(11)24-9-23-10-25-14-8-4-2-6-12(14)16(20,21)22;1-2-11-8-12(3-1)10-6-4-9(11)5-7-10/h1-8,23H,9-10H2;1-8H. The number of nitrogens with one attached hydrogen (secondary N) is 1. The van der Waals surface area contributed by atoms with E-state index in [2.05, 4.69) is 53.8 Å². The van der Waals surface area contributed by atoms with Crippen LogP contribution in [0.5, 0.6) is 11.5 Å². The fourth-order valence-corrected chi connectivity index (χ4v) is 3.69. The van der Waals surface area contributed by atoms with Gasteiger partial charge in [0.25, 0.3) is 0 Å². The van der Waals surface area contributed by atoms with Crippen molar-refractivity contribution in [3.8, 4) is 33.8 Å². The molecule has 0 aromatic heterocycles. The van der Waals surface area contributed by atoms with Crippen molar-refractivity contribution in [2.24, 2.45) is 0 Å². The van der Waals surface area contributed by atoms with E-state index in [0.717, 1.165) is 24.3 Å². The van der Waals surface area contributed by atoms with Gasteiger partial charge in [-0.3, -0.25) is 5.32 Å². The third kappa shape index (κ3) is 6.62. The topological polar surface area (TPSA) is 30.5 Å². The summed E-state index contributed by atoms with van der Waals surface area (Å²) in [7, 11) is 0. The normalized spacial score (nSPS) is 11.8. The van der Waals surface area contributed by atoms with E-state index >= 15 is 0 Å². The van der Waals surface area contributed by atoms with E-state index in [1.54, 1.807) is 0 Å². The molecule has 0 radical (unpaired) electrons. The highest BCUT2D eigenvalue weighted by Gasteiger charge is 2.34. The van der Waals surface area contributed by atoms with Crippen molar-refractivity contribution in [2.45, 2.75) is 12.4 Å². The van der Waals surface area contributed by atoms with Crippen LogP contribution in [-0.4, -0.2) is 13.5 Å². The first-order valence-corrected chi connectivity index (χ1v) is 11.1. The Morgan fingerprint density at radius 1 is 0.486 bits per heavy atom. The van der Waals surface area contributed by atoms with Gasteiger partial charge in [0.1, 0.15) is 25.0 Å². The highest BCUT2D eigenvalue weighted by atomic mass is 19.4. The Morgan fingerprint density at radius 2 is 0.892 bits per heavy atom. The summed E-state index contributed by atoms with van der Waals surface area (Å²) in [4.78, 5) is 0. The van der Waals surface area contributed by atoms with Gasteiger partial charge in [-0.05, 0) is 52.6 Å². The van der Waals surface area contributed by atoms with Gasteiger partial charge in [-0.15, -0.1) is 0 Å². The van der Waals surface area contributed by atoms with Crippen molar-refractivity contribution >= 4 is 0 Å². The molecular formula is C28H21F6NO2. The van der Waals surface area contributed by atoms with E-state index in [1.807, 2.05) is 0 Å². The highest BCUT2D eigenvalue weighted by Crippen LogP contribution is 2.37. The minimum atomic E-state index is -4.57. The molecule has 2 aliphatic rings. The molecule has 9 heteroatoms. The van der Waals surface area contributed by atoms with Crippen LogP contribution < -0.4 is 14.8 Å². The van der Waals surface area contributed by atoms with Gasteiger partial charge in [-0.25, -0.2) is 0 Å². The summed E-state index contributed by atoms with van der Waals surface area (Å²) in [5, 5.41) is 2.46. The molecule has 6 rings (SSSR count). The molecule has 0 aliphatic heterocycles. The molecule has 1 N–H and O–H groups in total. The molecule has 0 saturated carbocycles. The Balaban J connectivity index is 0.000000218. The minimum Gasteiger partial charge on any atom is -0.478 e. The molecule has 4 aromatic rings. The molecule has 0 fully saturated rings. The number of fused-ring (bicyclic) bond motifs is 2. The number of alkyl halides is 6. The molecule has 0 unspecified atom stereocenters. The predicted molar refractivity (Wildman–Crippen MR) is 128 cm³/mol. The zero-order chi connectivity index (χ0) is 26.5. The molecule has 192 valence electrons. The van der Waals surface area contributed by atoms with Crippen molar-refractivity contribution in [2.75, 3.05) is 13.5 Å². The molecule has 2 aliphatic carbocycles. The molecule has 0 atom stereocenters. The van der Waals surface area contributed by atoms with Crippen LogP contribution in [0.15, 0.2) is 97.1 Å². The first-order chi connectivity index (χ1) is 17.6. The maximum atomic E-state index is 12.8. The van der Waals surface area contributed by atoms with Crippen LogP contribution in [0.3, 0.4) is 0 Å². The Kier molecular flexibility index (Phi) is 7.73. The smallest absolute Gasteiger partial charge is 0.419 e. The van der Waals surface area contributed by atoms with Crippen LogP contribution in [0.1, 0.15) is 11.1 Å². The molecule has 0 amide bonds. The lowest BCUT2D eigenvalue weighted by molar-refractivity contribution is -0.139. The summed E-state index contributed by atoms with van der Waals surface area (Å²) in [6, 6.07) is 26.6. The van der Waals surface area contributed by atoms with Gasteiger partial charge in [0.2, 0.25) is 0 Å². The third-order valence-corrected chi connectivity index (χ3v) is 5.46. The maximum absolute atomic E-state index is 12.8. The second-order valence-electron chi connectivity index (χ2n) is 7.97. The molecular weight excluding hydrogens is 496 g/mol. The van der Waals surface area contributed by atoms with E-state index in [1.165, 1.54) is 46.5 Å². The maximum Gasteiger partial charge on any atom is 0.419 e. The Hall–Kier alpha value is -3.98. The van der Waals surface area contributed by atoms with E-state index in [4.69, 9.17) is 9.47 Å². The van der Waals surface area contributed by atoms with E-state index in [0.29, 0.717) is 0 Å². The Bertz CT molecular complexity index is 1240. The second-order valence-corrected chi connectivity index (χ2v) is 7.97. The molecule has 3 nitrogen and oxygen atoms in total. The number of hydrogen-bond donors (Lipinski definition) is 1. The lowest BCUT2D eigenvalue weighted by atomic mass is 10.1. The summed E-state index contributed by atoms with van der Waals surface area (Å²) in [5.74, 6) is -0.781. The van der Waals surface area contributed by atoms with Crippen molar-refractivity contribution < 1.29 is 35.8 Å². The summed E-state index contributed by atoms with van der Waals surface area (Å²) in [6.07, 6.45) is -9.14. The lowest BCUT2D eigenvalue weighted by Crippen LogP contribution is -2.26. The SMILES string of the molecule is FC(F)(F)c1ccccc1OCNCOc1ccccc1C(F)(F)F.c1cc2cc(c1)-c1ccc-2cc1. The number of ether oxygens (including phenoxy) is 2. The van der Waals surface area contributed by atoms with Crippen LogP contribution in [-0.2, 0) is 12.4 Å². The van der Waals surface area contributed by atoms with Crippen LogP contribution in [0, 0.1) is 0 Å². The summed E-state index contributed by atoms with van der Waals surface area (Å²) in [6.45, 7) is -0.747. The van der Waals surface area contributed by atoms with Gasteiger partial charge in [0, 0.05) is 0 Å². The second kappa shape index (κ2) is 11.0. The van der Waals surface area contributed by atoms with Gasteiger partial charge < -0.3 is 9.47 Å². The first-order valence-electron chi connectivity index (χ1n) is 11.1. The number of hydrogen-bond acceptors (Lipinski definition) is 3. The lowest BCUT2D eigenvalue weighted by Gasteiger charge is -2.16. The first kappa shape index (κ1) is 26.1. The molecule has 0 spiro atoms. The molecule has 4 bridgehead atoms. The highest BCUT2D eigenvalue weighted by molar-refractivity contribution is 5.78. The van der Waals surface area contributed by atoms with Gasteiger partial charge in [-0.2, -0.15) is 26.3 Å². The van der Waals surface area contributed by atoms with E-state index in [9.17, 15) is 26.3 Å². The molecule has 0 heterocycles. The number of rotatable bonds is 6. The van der Waals surface area contributed by atoms with Gasteiger partial charge in [0.15, 0.2) is 0 Å². The summed E-state index contributed by atoms with van der Waals surface area (Å²) >= 11 is 0. The van der Waals surface area contributed by atoms with Crippen molar-refractivity contribution in [3.63, 3.8) is 0 Å². The molecule has 0 saturated heterocycles. The van der Waals surface area contributed by atoms with E-state index in [-0.39, 0.29) is 13.5 Å². The number of halogens is 6. The summed E-state index contributed by atoms with van der Waals surface area (Å²) < 4.78 is 86.5. The monoisotopic (exact) mass is 517 g/mol. The van der Waals surface area contributed by atoms with Crippen LogP contribution in [0.4, 0.5) is 26.3 Å². The average molecular weight is 517 g/mol. The third-order valence-electron chi connectivity index (χ3n) is 5.46. The van der Waals surface area contributed by atoms with Crippen molar-refractivity contribution in [1.29, 1.82) is 0 Å². The van der Waals surface area contributed by atoms with Crippen LogP contribution in [0.2, 0.25) is 0 Å². The molecule has 4 aromatic carbocycles. The van der Waals surface area contributed by atoms with Crippen LogP contribution >= 0.6 is 0 Å². The fraction of sp³-hybridized carbons (Fsp3) is 0.143. The average Bonchev–Trinajstić information content (AvgIpc) is 3.06. The zero-order valence-corrected chi connectivity index (χ0v) is 19.2. The largest absolute Gasteiger partial charge is 0.478 e. The van der Waals surface area contributed by atoms with Crippen molar-refractivity contribution in [3.05, 3.63) is 108 Å². The zero-order valence-electron chi connectivity index (χ0n) is 19.2.